The van der Waals surface area contributed by atoms with Gasteiger partial charge in [0.05, 0.1) is 17.1 Å². The number of carbonyl (C=O) groups is 2. The van der Waals surface area contributed by atoms with Crippen LogP contribution in [0.4, 0.5) is 38.0 Å². The van der Waals surface area contributed by atoms with Crippen LogP contribution in [0.15, 0.2) is 109 Å². The normalized spacial score (nSPS) is 10.7. The molecule has 10 heteroatoms. The summed E-state index contributed by atoms with van der Waals surface area (Å²) in [6.07, 6.45) is 0. The van der Waals surface area contributed by atoms with Crippen LogP contribution in [-0.2, 0) is 15.8 Å². The van der Waals surface area contributed by atoms with Crippen molar-refractivity contribution in [1.82, 2.24) is 0 Å². The summed E-state index contributed by atoms with van der Waals surface area (Å²) in [4.78, 5) is 25.1. The number of hydrogen-bond donors (Lipinski definition) is 5. The molecule has 4 aromatic carbocycles. The van der Waals surface area contributed by atoms with Crippen molar-refractivity contribution in [2.45, 2.75) is 5.75 Å². The monoisotopic (exact) mass is 515 g/mol. The molecule has 4 amide bonds. The fourth-order valence-corrected chi connectivity index (χ4v) is 4.65. The van der Waals surface area contributed by atoms with Gasteiger partial charge in [0.15, 0.2) is 0 Å². The first-order valence-corrected chi connectivity index (χ1v) is 13.0. The van der Waals surface area contributed by atoms with Gasteiger partial charge in [0.25, 0.3) is 0 Å². The molecule has 0 saturated carbocycles. The summed E-state index contributed by atoms with van der Waals surface area (Å²) in [5.41, 5.74) is 2.42. The molecule has 0 spiro atoms. The van der Waals surface area contributed by atoms with Gasteiger partial charge in [-0.1, -0.05) is 66.7 Å². The van der Waals surface area contributed by atoms with Crippen LogP contribution in [0, 0.1) is 0 Å². The molecule has 4 aromatic rings. The van der Waals surface area contributed by atoms with E-state index in [0.717, 1.165) is 0 Å². The molecule has 0 heterocycles. The highest BCUT2D eigenvalue weighted by Gasteiger charge is 2.17. The minimum atomic E-state index is -3.80. The molecule has 0 aromatic heterocycles. The Balaban J connectivity index is 1.54. The lowest BCUT2D eigenvalue weighted by Crippen LogP contribution is -2.23. The summed E-state index contributed by atoms with van der Waals surface area (Å²) in [7, 11) is -3.80. The van der Waals surface area contributed by atoms with Crippen molar-refractivity contribution >= 4 is 50.5 Å². The SMILES string of the molecule is O=C(Nc1ccccc1)Nc1ccc(NS(=O)(=O)Cc2ccccc2)c(NC(=O)Nc2ccccc2)c1. The first kappa shape index (κ1) is 25.3. The number of anilines is 5. The van der Waals surface area contributed by atoms with Crippen LogP contribution in [0.1, 0.15) is 5.56 Å². The largest absolute Gasteiger partial charge is 0.323 e. The third-order valence-corrected chi connectivity index (χ3v) is 6.30. The number of urea groups is 2. The van der Waals surface area contributed by atoms with Crippen molar-refractivity contribution in [2.75, 3.05) is 26.0 Å². The van der Waals surface area contributed by atoms with Crippen LogP contribution in [-0.4, -0.2) is 20.5 Å². The summed E-state index contributed by atoms with van der Waals surface area (Å²) in [5, 5.41) is 10.7. The van der Waals surface area contributed by atoms with Gasteiger partial charge in [-0.2, -0.15) is 0 Å². The van der Waals surface area contributed by atoms with E-state index in [1.807, 2.05) is 12.1 Å². The minimum absolute atomic E-state index is 0.146. The zero-order valence-corrected chi connectivity index (χ0v) is 20.5. The lowest BCUT2D eigenvalue weighted by atomic mass is 10.2. The smallest absolute Gasteiger partial charge is 0.308 e. The zero-order valence-electron chi connectivity index (χ0n) is 19.6. The third-order valence-electron chi connectivity index (χ3n) is 5.05. The van der Waals surface area contributed by atoms with Crippen LogP contribution in [0.3, 0.4) is 0 Å². The van der Waals surface area contributed by atoms with E-state index >= 15 is 0 Å². The number of nitrogens with one attached hydrogen (secondary N) is 5. The maximum Gasteiger partial charge on any atom is 0.323 e. The highest BCUT2D eigenvalue weighted by atomic mass is 32.2. The molecule has 0 aliphatic heterocycles. The standard InChI is InChI=1S/C27H25N5O4S/c33-26(28-21-12-6-2-7-13-21)30-23-16-17-24(32-37(35,36)19-20-10-4-1-5-11-20)25(18-23)31-27(34)29-22-14-8-3-9-15-22/h1-18,32H,19H2,(H2,28,30,33)(H2,29,31,34). The summed E-state index contributed by atoms with van der Waals surface area (Å²) in [6, 6.07) is 29.8. The Morgan fingerprint density at radius 3 is 1.59 bits per heavy atom. The van der Waals surface area contributed by atoms with Crippen LogP contribution < -0.4 is 26.0 Å². The second-order valence-electron chi connectivity index (χ2n) is 8.00. The van der Waals surface area contributed by atoms with Gasteiger partial charge in [0.2, 0.25) is 10.0 Å². The van der Waals surface area contributed by atoms with E-state index in [1.165, 1.54) is 18.2 Å². The number of benzene rings is 4. The molecule has 9 nitrogen and oxygen atoms in total. The number of amides is 4. The Bertz CT molecular complexity index is 1460. The lowest BCUT2D eigenvalue weighted by Gasteiger charge is -2.16. The molecular formula is C27H25N5O4S. The van der Waals surface area contributed by atoms with E-state index in [4.69, 9.17) is 0 Å². The Labute approximate surface area is 215 Å². The van der Waals surface area contributed by atoms with E-state index in [9.17, 15) is 18.0 Å². The van der Waals surface area contributed by atoms with E-state index in [1.54, 1.807) is 78.9 Å². The Morgan fingerprint density at radius 2 is 1.03 bits per heavy atom. The molecule has 0 unspecified atom stereocenters. The quantitative estimate of drug-likeness (QED) is 0.200. The molecule has 37 heavy (non-hydrogen) atoms. The van der Waals surface area contributed by atoms with Gasteiger partial charge < -0.3 is 21.3 Å². The van der Waals surface area contributed by atoms with Crippen molar-refractivity contribution in [3.8, 4) is 0 Å². The third kappa shape index (κ3) is 7.84. The molecule has 188 valence electrons. The lowest BCUT2D eigenvalue weighted by molar-refractivity contribution is 0.261. The van der Waals surface area contributed by atoms with Crippen LogP contribution in [0.2, 0.25) is 0 Å². The van der Waals surface area contributed by atoms with Crippen molar-refractivity contribution in [3.05, 3.63) is 115 Å². The van der Waals surface area contributed by atoms with Crippen LogP contribution in [0.5, 0.6) is 0 Å². The predicted octanol–water partition coefficient (Wildman–Crippen LogP) is 5.92. The van der Waals surface area contributed by atoms with Crippen LogP contribution in [0.25, 0.3) is 0 Å². The number of carbonyl (C=O) groups excluding carboxylic acids is 2. The summed E-state index contributed by atoms with van der Waals surface area (Å²) >= 11 is 0. The topological polar surface area (TPSA) is 128 Å². The Morgan fingerprint density at radius 1 is 0.541 bits per heavy atom. The van der Waals surface area contributed by atoms with Crippen LogP contribution >= 0.6 is 0 Å². The average Bonchev–Trinajstić information content (AvgIpc) is 2.87. The van der Waals surface area contributed by atoms with Crippen molar-refractivity contribution in [2.24, 2.45) is 0 Å². The van der Waals surface area contributed by atoms with Crippen molar-refractivity contribution in [3.63, 3.8) is 0 Å². The molecule has 0 aliphatic carbocycles. The second kappa shape index (κ2) is 11.7. The molecule has 0 saturated heterocycles. The van der Waals surface area contributed by atoms with E-state index in [-0.39, 0.29) is 17.1 Å². The number of sulfonamides is 1. The molecule has 0 bridgehead atoms. The van der Waals surface area contributed by atoms with Gasteiger partial charge >= 0.3 is 12.1 Å². The summed E-state index contributed by atoms with van der Waals surface area (Å²) in [5.74, 6) is -0.247. The second-order valence-corrected chi connectivity index (χ2v) is 9.72. The van der Waals surface area contributed by atoms with E-state index < -0.39 is 22.1 Å². The maximum atomic E-state index is 12.8. The number of para-hydroxylation sites is 2. The molecular weight excluding hydrogens is 490 g/mol. The summed E-state index contributed by atoms with van der Waals surface area (Å²) < 4.78 is 28.2. The molecule has 0 radical (unpaired) electrons. The molecule has 5 N–H and O–H groups in total. The van der Waals surface area contributed by atoms with Gasteiger partial charge in [0, 0.05) is 17.1 Å². The Hall–Kier alpha value is -4.83. The molecule has 0 atom stereocenters. The van der Waals surface area contributed by atoms with Gasteiger partial charge in [-0.15, -0.1) is 0 Å². The highest BCUT2D eigenvalue weighted by molar-refractivity contribution is 7.91. The minimum Gasteiger partial charge on any atom is -0.308 e. The van der Waals surface area contributed by atoms with Crippen molar-refractivity contribution in [1.29, 1.82) is 0 Å². The van der Waals surface area contributed by atoms with E-state index in [0.29, 0.717) is 22.6 Å². The first-order valence-electron chi connectivity index (χ1n) is 11.3. The fraction of sp³-hybridized carbons (Fsp3) is 0.0370. The molecule has 0 fully saturated rings. The van der Waals surface area contributed by atoms with E-state index in [2.05, 4.69) is 26.0 Å². The van der Waals surface area contributed by atoms with Gasteiger partial charge in [0.1, 0.15) is 0 Å². The zero-order chi connectivity index (χ0) is 26.1. The van der Waals surface area contributed by atoms with Gasteiger partial charge in [-0.3, -0.25) is 4.72 Å². The molecule has 4 rings (SSSR count). The predicted molar refractivity (Wildman–Crippen MR) is 147 cm³/mol. The summed E-state index contributed by atoms with van der Waals surface area (Å²) in [6.45, 7) is 0. The first-order chi connectivity index (χ1) is 17.9. The van der Waals surface area contributed by atoms with Gasteiger partial charge in [-0.05, 0) is 48.0 Å². The molecule has 0 aliphatic rings. The highest BCUT2D eigenvalue weighted by Crippen LogP contribution is 2.28. The van der Waals surface area contributed by atoms with Gasteiger partial charge in [-0.25, -0.2) is 18.0 Å². The number of hydrogen-bond acceptors (Lipinski definition) is 4. The fourth-order valence-electron chi connectivity index (χ4n) is 3.43. The number of rotatable bonds is 8. The average molecular weight is 516 g/mol. The van der Waals surface area contributed by atoms with Crippen molar-refractivity contribution < 1.29 is 18.0 Å². The maximum absolute atomic E-state index is 12.8. The Kier molecular flexibility index (Phi) is 8.01.